The van der Waals surface area contributed by atoms with Crippen LogP contribution in [0.2, 0.25) is 0 Å². The second-order valence-electron chi connectivity index (χ2n) is 2.56. The van der Waals surface area contributed by atoms with Gasteiger partial charge in [-0.3, -0.25) is 9.11 Å². The van der Waals surface area contributed by atoms with Gasteiger partial charge >= 0.3 is 16.8 Å². The van der Waals surface area contributed by atoms with Crippen molar-refractivity contribution < 1.29 is 35.4 Å². The van der Waals surface area contributed by atoms with Crippen molar-refractivity contribution in [2.75, 3.05) is 5.73 Å². The normalized spacial score (nSPS) is 11.4. The van der Waals surface area contributed by atoms with E-state index in [0.29, 0.717) is 5.69 Å². The number of hydrogen-bond acceptors (Lipinski definition) is 4. The first-order chi connectivity index (χ1) is 7.47. The molecule has 0 aliphatic rings. The first-order valence-electron chi connectivity index (χ1n) is 3.78. The summed E-state index contributed by atoms with van der Waals surface area (Å²) in [6, 6.07) is 4.98. The zero-order valence-corrected chi connectivity index (χ0v) is 8.86. The van der Waals surface area contributed by atoms with Gasteiger partial charge < -0.3 is 10.5 Å². The van der Waals surface area contributed by atoms with E-state index < -0.39 is 16.8 Å². The van der Waals surface area contributed by atoms with Crippen LogP contribution in [0.25, 0.3) is 0 Å². The maximum absolute atomic E-state index is 11.6. The van der Waals surface area contributed by atoms with Crippen LogP contribution in [0.3, 0.4) is 0 Å². The van der Waals surface area contributed by atoms with Gasteiger partial charge in [0.05, 0.1) is 0 Å². The molecule has 0 heterocycles. The van der Waals surface area contributed by atoms with Gasteiger partial charge in [0.15, 0.2) is 0 Å². The summed E-state index contributed by atoms with van der Waals surface area (Å²) < 4.78 is 69.9. The van der Waals surface area contributed by atoms with E-state index in [-0.39, 0.29) is 5.75 Å². The molecule has 0 radical (unpaired) electrons. The molecule has 0 spiro atoms. The van der Waals surface area contributed by atoms with Crippen LogP contribution in [0, 0.1) is 0 Å². The van der Waals surface area contributed by atoms with Gasteiger partial charge in [-0.1, -0.05) is 0 Å². The number of hydrogen-bond donors (Lipinski definition) is 3. The Morgan fingerprint density at radius 3 is 1.76 bits per heavy atom. The lowest BCUT2D eigenvalue weighted by atomic mass is 10.3. The summed E-state index contributed by atoms with van der Waals surface area (Å²) >= 11 is 0. The average molecular weight is 275 g/mol. The third-order valence-corrected chi connectivity index (χ3v) is 1.11. The van der Waals surface area contributed by atoms with Crippen LogP contribution in [-0.4, -0.2) is 23.9 Å². The van der Waals surface area contributed by atoms with Crippen molar-refractivity contribution in [3.63, 3.8) is 0 Å². The highest BCUT2D eigenvalue weighted by molar-refractivity contribution is 7.79. The van der Waals surface area contributed by atoms with Crippen LogP contribution >= 0.6 is 0 Å². The first-order valence-corrected chi connectivity index (χ1v) is 5.18. The van der Waals surface area contributed by atoms with E-state index in [1.807, 2.05) is 0 Å². The lowest BCUT2D eigenvalue weighted by Crippen LogP contribution is -2.16. The quantitative estimate of drug-likeness (QED) is 0.529. The third kappa shape index (κ3) is 12.4. The molecule has 1 aromatic carbocycles. The Balaban J connectivity index is 0.000000437. The smallest absolute Gasteiger partial charge is 0.406 e. The molecule has 0 aliphatic carbocycles. The molecule has 0 saturated heterocycles. The highest BCUT2D eigenvalue weighted by Crippen LogP contribution is 2.22. The van der Waals surface area contributed by atoms with Gasteiger partial charge in [-0.15, -0.1) is 13.2 Å². The molecule has 0 saturated carbocycles. The topological polar surface area (TPSA) is 110 Å². The standard InChI is InChI=1S/C7H6F3NO.H2O4S/c8-7(9,10)12-6-3-1-5(11)2-4-6;1-5(2,3)4/h1-4H,11H2;(H2,1,2,3,4). The molecule has 10 heteroatoms. The zero-order chi connectivity index (χ0) is 13.7. The number of alkyl halides is 3. The lowest BCUT2D eigenvalue weighted by molar-refractivity contribution is -0.274. The van der Waals surface area contributed by atoms with Crippen molar-refractivity contribution in [1.29, 1.82) is 0 Å². The Bertz CT molecular complexity index is 434. The Kier molecular flexibility index (Phi) is 5.19. The number of nitrogen functional groups attached to an aromatic ring is 1. The maximum Gasteiger partial charge on any atom is 0.573 e. The zero-order valence-electron chi connectivity index (χ0n) is 8.05. The van der Waals surface area contributed by atoms with E-state index in [9.17, 15) is 13.2 Å². The molecule has 4 N–H and O–H groups in total. The van der Waals surface area contributed by atoms with Gasteiger partial charge in [0.2, 0.25) is 0 Å². The summed E-state index contributed by atoms with van der Waals surface area (Å²) in [5.74, 6) is -0.267. The Morgan fingerprint density at radius 2 is 1.47 bits per heavy atom. The van der Waals surface area contributed by atoms with Crippen LogP contribution < -0.4 is 10.5 Å². The fraction of sp³-hybridized carbons (Fsp3) is 0.143. The van der Waals surface area contributed by atoms with E-state index in [1.54, 1.807) is 0 Å². The predicted octanol–water partition coefficient (Wildman–Crippen LogP) is 1.51. The Labute approximate surface area is 94.4 Å². The fourth-order valence-electron chi connectivity index (χ4n) is 0.669. The van der Waals surface area contributed by atoms with Crippen molar-refractivity contribution in [2.24, 2.45) is 0 Å². The first kappa shape index (κ1) is 15.5. The van der Waals surface area contributed by atoms with Gasteiger partial charge in [-0.05, 0) is 24.3 Å². The second-order valence-corrected chi connectivity index (χ2v) is 3.46. The van der Waals surface area contributed by atoms with E-state index in [4.69, 9.17) is 23.3 Å². The number of anilines is 1. The summed E-state index contributed by atoms with van der Waals surface area (Å²) in [6.07, 6.45) is -4.64. The van der Waals surface area contributed by atoms with Crippen molar-refractivity contribution in [3.8, 4) is 5.75 Å². The molecule has 0 amide bonds. The summed E-state index contributed by atoms with van der Waals surface area (Å²) in [5.41, 5.74) is 5.65. The van der Waals surface area contributed by atoms with Gasteiger partial charge in [-0.25, -0.2) is 0 Å². The van der Waals surface area contributed by atoms with Crippen molar-refractivity contribution >= 4 is 16.1 Å². The number of ether oxygens (including phenoxy) is 1. The molecule has 1 aromatic rings. The van der Waals surface area contributed by atoms with Crippen LogP contribution in [0.5, 0.6) is 5.75 Å². The summed E-state index contributed by atoms with van der Waals surface area (Å²) in [5, 5.41) is 0. The minimum atomic E-state index is -4.67. The highest BCUT2D eigenvalue weighted by Gasteiger charge is 2.30. The van der Waals surface area contributed by atoms with Crippen LogP contribution in [0.15, 0.2) is 24.3 Å². The van der Waals surface area contributed by atoms with E-state index in [1.165, 1.54) is 12.1 Å². The van der Waals surface area contributed by atoms with Crippen molar-refractivity contribution in [1.82, 2.24) is 0 Å². The van der Waals surface area contributed by atoms with E-state index in [2.05, 4.69) is 4.74 Å². The number of rotatable bonds is 1. The molecular weight excluding hydrogens is 267 g/mol. The predicted molar refractivity (Wildman–Crippen MR) is 51.7 cm³/mol. The Morgan fingerprint density at radius 1 is 1.12 bits per heavy atom. The number of nitrogens with two attached hydrogens (primary N) is 1. The van der Waals surface area contributed by atoms with Gasteiger partial charge in [0, 0.05) is 5.69 Å². The average Bonchev–Trinajstić information content (AvgIpc) is 2.03. The minimum absolute atomic E-state index is 0.267. The molecule has 0 unspecified atom stereocenters. The molecule has 98 valence electrons. The second kappa shape index (κ2) is 5.70. The lowest BCUT2D eigenvalue weighted by Gasteiger charge is -2.07. The summed E-state index contributed by atoms with van der Waals surface area (Å²) in [6.45, 7) is 0. The minimum Gasteiger partial charge on any atom is -0.406 e. The molecule has 6 nitrogen and oxygen atoms in total. The molecule has 17 heavy (non-hydrogen) atoms. The van der Waals surface area contributed by atoms with Crippen molar-refractivity contribution in [2.45, 2.75) is 6.36 Å². The van der Waals surface area contributed by atoms with E-state index >= 15 is 0 Å². The highest BCUT2D eigenvalue weighted by atomic mass is 32.3. The van der Waals surface area contributed by atoms with E-state index in [0.717, 1.165) is 12.1 Å². The van der Waals surface area contributed by atoms with Gasteiger partial charge in [0.25, 0.3) is 0 Å². The molecule has 0 bridgehead atoms. The molecule has 1 rings (SSSR count). The summed E-state index contributed by atoms with van der Waals surface area (Å²) in [4.78, 5) is 0. The number of halogens is 3. The molecule has 0 fully saturated rings. The Hall–Kier alpha value is -1.52. The van der Waals surface area contributed by atoms with Crippen LogP contribution in [0.4, 0.5) is 18.9 Å². The monoisotopic (exact) mass is 275 g/mol. The van der Waals surface area contributed by atoms with Crippen LogP contribution in [0.1, 0.15) is 0 Å². The van der Waals surface area contributed by atoms with Gasteiger partial charge in [0.1, 0.15) is 5.75 Å². The molecule has 0 aromatic heterocycles. The van der Waals surface area contributed by atoms with Crippen LogP contribution in [-0.2, 0) is 10.4 Å². The largest absolute Gasteiger partial charge is 0.573 e. The summed E-state index contributed by atoms with van der Waals surface area (Å²) in [7, 11) is -4.67. The SMILES string of the molecule is Nc1ccc(OC(F)(F)F)cc1.O=S(=O)(O)O. The third-order valence-electron chi connectivity index (χ3n) is 1.11. The van der Waals surface area contributed by atoms with Crippen molar-refractivity contribution in [3.05, 3.63) is 24.3 Å². The molecule has 0 atom stereocenters. The molecule has 0 aliphatic heterocycles. The molecular formula is C7H8F3NO5S. The fourth-order valence-corrected chi connectivity index (χ4v) is 0.669. The maximum atomic E-state index is 11.6. The number of benzene rings is 1. The van der Waals surface area contributed by atoms with Gasteiger partial charge in [-0.2, -0.15) is 8.42 Å².